The summed E-state index contributed by atoms with van der Waals surface area (Å²) >= 11 is 0. The molecule has 22 heavy (non-hydrogen) atoms. The quantitative estimate of drug-likeness (QED) is 0.709. The predicted octanol–water partition coefficient (Wildman–Crippen LogP) is 2.49. The zero-order valence-corrected chi connectivity index (χ0v) is 11.8. The summed E-state index contributed by atoms with van der Waals surface area (Å²) in [7, 11) is 0. The Bertz CT molecular complexity index is 679. The zero-order chi connectivity index (χ0) is 15.2. The standard InChI is InChI=1S/C16H15N3O3/c20-16(5-4-13-6-10-21-12-13)17-11-14(15-3-1-9-22-15)19-8-2-7-18-19/h1-10,12,14H,11H2,(H,17,20)/b5-4+/t14-/m1/s1. The van der Waals surface area contributed by atoms with Crippen molar-refractivity contribution in [1.82, 2.24) is 15.1 Å². The molecular formula is C16H15N3O3. The minimum Gasteiger partial charge on any atom is -0.472 e. The normalized spacial score (nSPS) is 12.5. The highest BCUT2D eigenvalue weighted by Gasteiger charge is 2.17. The fraction of sp³-hybridized carbons (Fsp3) is 0.125. The van der Waals surface area contributed by atoms with E-state index in [1.54, 1.807) is 41.8 Å². The monoisotopic (exact) mass is 297 g/mol. The number of nitrogens with zero attached hydrogens (tertiary/aromatic N) is 2. The van der Waals surface area contributed by atoms with Gasteiger partial charge in [0.2, 0.25) is 5.91 Å². The van der Waals surface area contributed by atoms with Gasteiger partial charge >= 0.3 is 0 Å². The maximum absolute atomic E-state index is 11.9. The molecule has 0 radical (unpaired) electrons. The molecule has 3 aromatic rings. The largest absolute Gasteiger partial charge is 0.472 e. The van der Waals surface area contributed by atoms with Crippen LogP contribution in [0.5, 0.6) is 0 Å². The topological polar surface area (TPSA) is 73.2 Å². The first kappa shape index (κ1) is 13.9. The van der Waals surface area contributed by atoms with Crippen molar-refractivity contribution in [3.05, 3.63) is 72.8 Å². The Morgan fingerprint density at radius 2 is 2.32 bits per heavy atom. The molecule has 6 nitrogen and oxygen atoms in total. The van der Waals surface area contributed by atoms with Crippen LogP contribution in [0.1, 0.15) is 17.4 Å². The molecule has 0 aromatic carbocycles. The van der Waals surface area contributed by atoms with Gasteiger partial charge in [0, 0.05) is 30.6 Å². The molecule has 112 valence electrons. The summed E-state index contributed by atoms with van der Waals surface area (Å²) in [5, 5.41) is 7.06. The number of rotatable bonds is 6. The minimum atomic E-state index is -0.190. The summed E-state index contributed by atoms with van der Waals surface area (Å²) in [6.45, 7) is 0.379. The number of carbonyl (C=O) groups excluding carboxylic acids is 1. The number of furan rings is 2. The predicted molar refractivity (Wildman–Crippen MR) is 79.8 cm³/mol. The van der Waals surface area contributed by atoms with E-state index in [2.05, 4.69) is 10.4 Å². The molecule has 3 rings (SSSR count). The van der Waals surface area contributed by atoms with Crippen LogP contribution in [0.2, 0.25) is 0 Å². The van der Waals surface area contributed by atoms with Gasteiger partial charge in [0.25, 0.3) is 0 Å². The van der Waals surface area contributed by atoms with Crippen molar-refractivity contribution in [3.8, 4) is 0 Å². The van der Waals surface area contributed by atoms with Crippen molar-refractivity contribution >= 4 is 12.0 Å². The second kappa shape index (κ2) is 6.62. The zero-order valence-electron chi connectivity index (χ0n) is 11.8. The molecule has 0 aliphatic carbocycles. The molecule has 0 unspecified atom stereocenters. The summed E-state index contributed by atoms with van der Waals surface area (Å²) < 4.78 is 12.1. The number of amides is 1. The summed E-state index contributed by atoms with van der Waals surface area (Å²) in [6.07, 6.45) is 11.4. The van der Waals surface area contributed by atoms with Crippen molar-refractivity contribution in [3.63, 3.8) is 0 Å². The van der Waals surface area contributed by atoms with Crippen molar-refractivity contribution in [2.45, 2.75) is 6.04 Å². The van der Waals surface area contributed by atoms with E-state index in [9.17, 15) is 4.79 Å². The third kappa shape index (κ3) is 3.35. The van der Waals surface area contributed by atoms with Crippen LogP contribution >= 0.6 is 0 Å². The lowest BCUT2D eigenvalue weighted by Crippen LogP contribution is -2.30. The molecule has 0 bridgehead atoms. The van der Waals surface area contributed by atoms with Crippen LogP contribution in [0.15, 0.2) is 70.4 Å². The van der Waals surface area contributed by atoms with Crippen LogP contribution in [-0.2, 0) is 4.79 Å². The van der Waals surface area contributed by atoms with Gasteiger partial charge in [-0.2, -0.15) is 5.10 Å². The van der Waals surface area contributed by atoms with Gasteiger partial charge in [-0.05, 0) is 30.3 Å². The molecule has 6 heteroatoms. The third-order valence-electron chi connectivity index (χ3n) is 3.16. The van der Waals surface area contributed by atoms with Crippen molar-refractivity contribution in [2.75, 3.05) is 6.54 Å². The van der Waals surface area contributed by atoms with Gasteiger partial charge in [-0.15, -0.1) is 0 Å². The summed E-state index contributed by atoms with van der Waals surface area (Å²) in [6, 6.07) is 7.10. The Balaban J connectivity index is 1.63. The van der Waals surface area contributed by atoms with Crippen LogP contribution in [0.25, 0.3) is 6.08 Å². The fourth-order valence-corrected chi connectivity index (χ4v) is 2.07. The molecule has 0 fully saturated rings. The molecular weight excluding hydrogens is 282 g/mol. The number of hydrogen-bond acceptors (Lipinski definition) is 4. The van der Waals surface area contributed by atoms with Gasteiger partial charge in [0.1, 0.15) is 11.8 Å². The van der Waals surface area contributed by atoms with Gasteiger partial charge in [0.05, 0.1) is 18.8 Å². The van der Waals surface area contributed by atoms with E-state index >= 15 is 0 Å². The average molecular weight is 297 g/mol. The number of carbonyl (C=O) groups is 1. The van der Waals surface area contributed by atoms with Gasteiger partial charge < -0.3 is 14.2 Å². The van der Waals surface area contributed by atoms with Crippen LogP contribution in [-0.4, -0.2) is 22.2 Å². The molecule has 0 saturated heterocycles. The summed E-state index contributed by atoms with van der Waals surface area (Å²) in [4.78, 5) is 11.9. The molecule has 0 aliphatic rings. The van der Waals surface area contributed by atoms with E-state index in [0.29, 0.717) is 6.54 Å². The van der Waals surface area contributed by atoms with Crippen LogP contribution < -0.4 is 5.32 Å². The smallest absolute Gasteiger partial charge is 0.244 e. The van der Waals surface area contributed by atoms with Crippen LogP contribution in [0.4, 0.5) is 0 Å². The van der Waals surface area contributed by atoms with Gasteiger partial charge in [0.15, 0.2) is 0 Å². The Morgan fingerprint density at radius 3 is 3.00 bits per heavy atom. The molecule has 1 atom stereocenters. The highest BCUT2D eigenvalue weighted by Crippen LogP contribution is 2.17. The number of nitrogens with one attached hydrogen (secondary N) is 1. The summed E-state index contributed by atoms with van der Waals surface area (Å²) in [5.41, 5.74) is 0.838. The number of hydrogen-bond donors (Lipinski definition) is 1. The van der Waals surface area contributed by atoms with E-state index < -0.39 is 0 Å². The molecule has 0 spiro atoms. The lowest BCUT2D eigenvalue weighted by molar-refractivity contribution is -0.116. The Kier molecular flexibility index (Phi) is 4.20. The van der Waals surface area contributed by atoms with Crippen molar-refractivity contribution in [2.24, 2.45) is 0 Å². The van der Waals surface area contributed by atoms with Crippen molar-refractivity contribution < 1.29 is 13.6 Å². The first-order valence-electron chi connectivity index (χ1n) is 6.83. The fourth-order valence-electron chi connectivity index (χ4n) is 2.07. The van der Waals surface area contributed by atoms with Gasteiger partial charge in [-0.3, -0.25) is 9.48 Å². The maximum Gasteiger partial charge on any atom is 0.244 e. The van der Waals surface area contributed by atoms with Crippen molar-refractivity contribution in [1.29, 1.82) is 0 Å². The maximum atomic E-state index is 11.9. The molecule has 3 aromatic heterocycles. The molecule has 3 heterocycles. The second-order valence-corrected chi connectivity index (χ2v) is 4.65. The van der Waals surface area contributed by atoms with E-state index in [1.165, 1.54) is 6.08 Å². The first-order valence-corrected chi connectivity index (χ1v) is 6.83. The lowest BCUT2D eigenvalue weighted by Gasteiger charge is -2.15. The second-order valence-electron chi connectivity index (χ2n) is 4.65. The van der Waals surface area contributed by atoms with E-state index in [-0.39, 0.29) is 11.9 Å². The summed E-state index contributed by atoms with van der Waals surface area (Å²) in [5.74, 6) is 0.549. The van der Waals surface area contributed by atoms with E-state index in [1.807, 2.05) is 24.4 Å². The molecule has 1 N–H and O–H groups in total. The highest BCUT2D eigenvalue weighted by molar-refractivity contribution is 5.91. The Labute approximate surface area is 127 Å². The third-order valence-corrected chi connectivity index (χ3v) is 3.16. The van der Waals surface area contributed by atoms with E-state index in [0.717, 1.165) is 11.3 Å². The Hall–Kier alpha value is -3.02. The molecule has 1 amide bonds. The minimum absolute atomic E-state index is 0.184. The number of aromatic nitrogens is 2. The van der Waals surface area contributed by atoms with Crippen LogP contribution in [0.3, 0.4) is 0 Å². The lowest BCUT2D eigenvalue weighted by atomic mass is 10.2. The first-order chi connectivity index (χ1) is 10.8. The van der Waals surface area contributed by atoms with Crippen LogP contribution in [0, 0.1) is 0 Å². The molecule has 0 saturated carbocycles. The Morgan fingerprint density at radius 1 is 1.36 bits per heavy atom. The molecule has 0 aliphatic heterocycles. The van der Waals surface area contributed by atoms with Gasteiger partial charge in [-0.1, -0.05) is 0 Å². The SMILES string of the molecule is O=C(/C=C/c1ccoc1)NC[C@H](c1ccco1)n1cccn1. The highest BCUT2D eigenvalue weighted by atomic mass is 16.3. The average Bonchev–Trinajstić information content (AvgIpc) is 3.27. The van der Waals surface area contributed by atoms with Gasteiger partial charge in [-0.25, -0.2) is 0 Å². The van der Waals surface area contributed by atoms with E-state index in [4.69, 9.17) is 8.83 Å².